The molecule has 0 heterocycles. The van der Waals surface area contributed by atoms with Crippen molar-refractivity contribution >= 4 is 49.4 Å². The Balaban J connectivity index is -0.00000000167. The van der Waals surface area contributed by atoms with E-state index in [1.807, 2.05) is 0 Å². The fraction of sp³-hybridized carbons (Fsp3) is 0. The first kappa shape index (κ1) is 19.2. The Hall–Kier alpha value is 1.14. The van der Waals surface area contributed by atoms with Gasteiger partial charge < -0.3 is 0 Å². The van der Waals surface area contributed by atoms with E-state index < -0.39 is 0 Å². The van der Waals surface area contributed by atoms with Crippen LogP contribution in [0.1, 0.15) is 1.43 Å². The van der Waals surface area contributed by atoms with Crippen LogP contribution in [0.15, 0.2) is 0 Å². The molecule has 0 aromatic rings. The summed E-state index contributed by atoms with van der Waals surface area (Å²) >= 11 is 7.33. The van der Waals surface area contributed by atoms with Gasteiger partial charge >= 0.3 is 0 Å². The normalized spacial score (nSPS) is 1.00. The molecule has 0 N–H and O–H groups in total. The zero-order valence-electron chi connectivity index (χ0n) is 1.82. The van der Waals surface area contributed by atoms with Crippen LogP contribution in [-0.2, 0) is 22.4 Å². The molecule has 0 radical (unpaired) electrons. The van der Waals surface area contributed by atoms with Gasteiger partial charge in [-0.3, -0.25) is 0 Å². The van der Waals surface area contributed by atoms with Gasteiger partial charge in [0.1, 0.15) is 0 Å². The molecule has 0 nitrogen and oxygen atoms in total. The van der Waals surface area contributed by atoms with E-state index >= 15 is 0 Å². The second kappa shape index (κ2) is 31.4. The zero-order chi connectivity index (χ0) is 2.00. The van der Waals surface area contributed by atoms with Gasteiger partial charge in [0.25, 0.3) is 0 Å². The summed E-state index contributed by atoms with van der Waals surface area (Å²) in [6, 6.07) is 0. The predicted molar refractivity (Wildman–Crippen MR) is 37.6 cm³/mol. The minimum atomic E-state index is 0. The third-order valence-electron chi connectivity index (χ3n) is 0. The van der Waals surface area contributed by atoms with Crippen molar-refractivity contribution in [3.8, 4) is 0 Å². The SMILES string of the molecule is S.S.S=S.[3HH]. The molecule has 30 valence electrons. The first-order valence-corrected chi connectivity index (χ1v) is 1.50. The molecule has 0 bridgehead atoms. The van der Waals surface area contributed by atoms with Gasteiger partial charge in [0, 0.05) is 23.8 Å². The molecular formula is H6S4. The first-order chi connectivity index (χ1) is 1.00. The molecule has 0 aliphatic carbocycles. The highest BCUT2D eigenvalue weighted by Crippen LogP contribution is 0.705. The molecule has 0 aromatic carbocycles. The Labute approximate surface area is 51.0 Å². The minimum Gasteiger partial charge on any atom is -0.197 e. The van der Waals surface area contributed by atoms with Crippen LogP contribution >= 0.6 is 27.0 Å². The van der Waals surface area contributed by atoms with Crippen molar-refractivity contribution in [1.29, 1.82) is 0 Å². The van der Waals surface area contributed by atoms with Gasteiger partial charge in [-0.25, -0.2) is 0 Å². The summed E-state index contributed by atoms with van der Waals surface area (Å²) in [6.07, 6.45) is 0. The molecule has 0 aromatic heterocycles. The second-order valence-corrected chi connectivity index (χ2v) is 0. The van der Waals surface area contributed by atoms with E-state index in [9.17, 15) is 0 Å². The summed E-state index contributed by atoms with van der Waals surface area (Å²) in [4.78, 5) is 0. The smallest absolute Gasteiger partial charge is 0 e. The molecule has 0 atom stereocenters. The van der Waals surface area contributed by atoms with Crippen molar-refractivity contribution in [3.05, 3.63) is 0 Å². The maximum Gasteiger partial charge on any atom is 0 e. The average molecular weight is 136 g/mol. The third kappa shape index (κ3) is 11.1. The number of hydrogen-bond donors (Lipinski definition) is 0. The largest absolute Gasteiger partial charge is 0.197 e. The summed E-state index contributed by atoms with van der Waals surface area (Å²) in [5, 5.41) is 0. The molecule has 0 rings (SSSR count). The molecule has 4 heteroatoms. The number of rotatable bonds is 0. The molecule has 4 heavy (non-hydrogen) atoms. The van der Waals surface area contributed by atoms with Crippen molar-refractivity contribution < 1.29 is 1.43 Å². The summed E-state index contributed by atoms with van der Waals surface area (Å²) in [7, 11) is 0. The van der Waals surface area contributed by atoms with E-state index in [1.54, 1.807) is 0 Å². The number of hydrogen-bond acceptors (Lipinski definition) is 2. The average Bonchev–Trinajstić information content (AvgIpc) is 1.00. The summed E-state index contributed by atoms with van der Waals surface area (Å²) in [5.41, 5.74) is 0. The lowest BCUT2D eigenvalue weighted by molar-refractivity contribution is 6.66. The maximum atomic E-state index is 3.67. The van der Waals surface area contributed by atoms with Gasteiger partial charge in [-0.15, -0.1) is 0 Å². The quantitative estimate of drug-likeness (QED) is 0.475. The molecule has 0 amide bonds. The monoisotopic (exact) mass is 136 g/mol. The van der Waals surface area contributed by atoms with Crippen LogP contribution in [0.3, 0.4) is 0 Å². The van der Waals surface area contributed by atoms with Gasteiger partial charge in [0.05, 0.1) is 0 Å². The van der Waals surface area contributed by atoms with Crippen LogP contribution in [-0.4, -0.2) is 0 Å². The fourth-order valence-electron chi connectivity index (χ4n) is 0. The highest BCUT2D eigenvalue weighted by atomic mass is 32.8. The van der Waals surface area contributed by atoms with E-state index in [-0.39, 0.29) is 28.4 Å². The highest BCUT2D eigenvalue weighted by Gasteiger charge is 0.707. The van der Waals surface area contributed by atoms with Crippen LogP contribution in [0.2, 0.25) is 0 Å². The lowest BCUT2D eigenvalue weighted by Gasteiger charge is -0.707. The Kier molecular flexibility index (Phi) is 151. The van der Waals surface area contributed by atoms with Crippen molar-refractivity contribution in [3.63, 3.8) is 0 Å². The van der Waals surface area contributed by atoms with Crippen molar-refractivity contribution in [2.45, 2.75) is 0 Å². The van der Waals surface area contributed by atoms with Crippen LogP contribution in [0.5, 0.6) is 0 Å². The topological polar surface area (TPSA) is 0 Å². The van der Waals surface area contributed by atoms with Gasteiger partial charge in [0.15, 0.2) is 0 Å². The van der Waals surface area contributed by atoms with E-state index in [2.05, 4.69) is 22.4 Å². The molecular weight excluding hydrogens is 128 g/mol. The van der Waals surface area contributed by atoms with E-state index in [1.165, 1.54) is 0 Å². The van der Waals surface area contributed by atoms with E-state index in [4.69, 9.17) is 0 Å². The summed E-state index contributed by atoms with van der Waals surface area (Å²) < 4.78 is 0. The van der Waals surface area contributed by atoms with E-state index in [0.29, 0.717) is 0 Å². The molecule has 0 fully saturated rings. The van der Waals surface area contributed by atoms with Crippen molar-refractivity contribution in [2.75, 3.05) is 0 Å². The van der Waals surface area contributed by atoms with Gasteiger partial charge in [-0.1, -0.05) is 0 Å². The highest BCUT2D eigenvalue weighted by molar-refractivity contribution is 8.07. The van der Waals surface area contributed by atoms with Gasteiger partial charge in [0.2, 0.25) is 0 Å². The first-order valence-electron chi connectivity index (χ1n) is 0.167. The summed E-state index contributed by atoms with van der Waals surface area (Å²) in [6.45, 7) is 0. The van der Waals surface area contributed by atoms with Gasteiger partial charge in [-0.05, 0) is 0 Å². The standard InChI is InChI=1S/S2.2H2S.H2/c1-2;;;/h;2*1H2;1H/i;;;1+2. The predicted octanol–water partition coefficient (Wildman–Crippen LogP) is 0.467. The zero-order valence-corrected chi connectivity index (χ0v) is 5.45. The van der Waals surface area contributed by atoms with E-state index in [0.717, 1.165) is 0 Å². The maximum absolute atomic E-state index is 3.67. The van der Waals surface area contributed by atoms with Crippen LogP contribution in [0.25, 0.3) is 0 Å². The fourth-order valence-corrected chi connectivity index (χ4v) is 0. The Morgan fingerprint density at radius 3 is 1.00 bits per heavy atom. The Morgan fingerprint density at radius 1 is 1.00 bits per heavy atom. The summed E-state index contributed by atoms with van der Waals surface area (Å²) in [5.74, 6) is 0. The molecule has 0 aliphatic heterocycles. The molecule has 0 aliphatic rings. The van der Waals surface area contributed by atoms with Crippen molar-refractivity contribution in [1.82, 2.24) is 0 Å². The Morgan fingerprint density at radius 2 is 1.00 bits per heavy atom. The van der Waals surface area contributed by atoms with Crippen LogP contribution in [0, 0.1) is 0 Å². The van der Waals surface area contributed by atoms with Crippen LogP contribution in [0.4, 0.5) is 0 Å². The second-order valence-electron chi connectivity index (χ2n) is 0. The van der Waals surface area contributed by atoms with Crippen molar-refractivity contribution in [2.24, 2.45) is 0 Å². The molecule has 0 saturated heterocycles. The van der Waals surface area contributed by atoms with Gasteiger partial charge in [-0.2, -0.15) is 27.0 Å². The van der Waals surface area contributed by atoms with Crippen LogP contribution < -0.4 is 0 Å². The Bertz CT molecular complexity index is 3.61. The molecule has 0 saturated carbocycles. The lowest BCUT2D eigenvalue weighted by atomic mass is 31.4. The minimum absolute atomic E-state index is 0. The molecule has 0 unspecified atom stereocenters. The molecule has 0 spiro atoms. The lowest BCUT2D eigenvalue weighted by Crippen LogP contribution is -0.710. The third-order valence-corrected chi connectivity index (χ3v) is 0.